The van der Waals surface area contributed by atoms with Crippen LogP contribution in [0.2, 0.25) is 0 Å². The summed E-state index contributed by atoms with van der Waals surface area (Å²) < 4.78 is 22.7. The monoisotopic (exact) mass is 238 g/mol. The van der Waals surface area contributed by atoms with Gasteiger partial charge in [-0.25, -0.2) is 8.42 Å². The van der Waals surface area contributed by atoms with Crippen molar-refractivity contribution in [2.45, 2.75) is 37.4 Å². The molecule has 0 spiro atoms. The van der Waals surface area contributed by atoms with Crippen molar-refractivity contribution < 1.29 is 18.3 Å². The van der Waals surface area contributed by atoms with Crippen LogP contribution in [0.25, 0.3) is 0 Å². The topological polar surface area (TPSA) is 71.4 Å². The van der Waals surface area contributed by atoms with E-state index in [0.717, 1.165) is 17.2 Å². The standard InChI is InChI=1S/C8H14O4S2/c9-8(10)4-2-1-3-7-5-6-13-14(7,11)12/h7H,1-6H2,(H,9,10)/t7-/m1/s1. The molecule has 1 aliphatic rings. The first-order chi connectivity index (χ1) is 6.52. The Morgan fingerprint density at radius 1 is 1.43 bits per heavy atom. The van der Waals surface area contributed by atoms with Gasteiger partial charge in [-0.2, -0.15) is 0 Å². The van der Waals surface area contributed by atoms with Gasteiger partial charge in [-0.3, -0.25) is 4.79 Å². The van der Waals surface area contributed by atoms with Crippen LogP contribution in [-0.2, 0) is 13.7 Å². The average molecular weight is 238 g/mol. The van der Waals surface area contributed by atoms with Gasteiger partial charge in [0.05, 0.1) is 5.25 Å². The predicted octanol–water partition coefficient (Wildman–Crippen LogP) is 1.47. The van der Waals surface area contributed by atoms with Crippen LogP contribution in [0.15, 0.2) is 0 Å². The molecule has 1 atom stereocenters. The summed E-state index contributed by atoms with van der Waals surface area (Å²) in [5.74, 6) is -0.125. The Bertz CT molecular complexity index is 296. The zero-order valence-electron chi connectivity index (χ0n) is 7.81. The number of unbranched alkanes of at least 4 members (excludes halogenated alkanes) is 1. The summed E-state index contributed by atoms with van der Waals surface area (Å²) in [5.41, 5.74) is 0. The summed E-state index contributed by atoms with van der Waals surface area (Å²) in [6.45, 7) is 0. The van der Waals surface area contributed by atoms with Gasteiger partial charge in [0.1, 0.15) is 0 Å². The summed E-state index contributed by atoms with van der Waals surface area (Å²) in [7, 11) is -1.89. The van der Waals surface area contributed by atoms with Crippen LogP contribution < -0.4 is 0 Å². The third-order valence-corrected chi connectivity index (χ3v) is 6.58. The van der Waals surface area contributed by atoms with Gasteiger partial charge in [-0.15, -0.1) is 0 Å². The fraction of sp³-hybridized carbons (Fsp3) is 0.875. The molecule has 1 heterocycles. The maximum Gasteiger partial charge on any atom is 0.303 e. The molecule has 0 amide bonds. The number of rotatable bonds is 5. The van der Waals surface area contributed by atoms with E-state index in [9.17, 15) is 13.2 Å². The Morgan fingerprint density at radius 2 is 2.14 bits per heavy atom. The van der Waals surface area contributed by atoms with Crippen molar-refractivity contribution in [3.05, 3.63) is 0 Å². The summed E-state index contributed by atoms with van der Waals surface area (Å²) >= 11 is 0. The molecule has 82 valence electrons. The molecule has 0 aromatic rings. The van der Waals surface area contributed by atoms with Crippen molar-refractivity contribution in [1.29, 1.82) is 0 Å². The highest BCUT2D eigenvalue weighted by Gasteiger charge is 2.31. The van der Waals surface area contributed by atoms with Crippen LogP contribution in [0.5, 0.6) is 0 Å². The molecule has 0 aromatic carbocycles. The number of carboxylic acid groups (broad SMARTS) is 1. The molecule has 0 saturated carbocycles. The van der Waals surface area contributed by atoms with E-state index in [4.69, 9.17) is 5.11 Å². The molecule has 0 aliphatic carbocycles. The number of hydrogen-bond donors (Lipinski definition) is 1. The number of hydrogen-bond acceptors (Lipinski definition) is 4. The molecular weight excluding hydrogens is 224 g/mol. The largest absolute Gasteiger partial charge is 0.481 e. The molecule has 0 radical (unpaired) electrons. The van der Waals surface area contributed by atoms with Crippen LogP contribution in [0.3, 0.4) is 0 Å². The van der Waals surface area contributed by atoms with E-state index >= 15 is 0 Å². The molecule has 14 heavy (non-hydrogen) atoms. The van der Waals surface area contributed by atoms with Gasteiger partial charge in [0, 0.05) is 12.2 Å². The van der Waals surface area contributed by atoms with Gasteiger partial charge in [-0.1, -0.05) is 6.42 Å². The lowest BCUT2D eigenvalue weighted by Gasteiger charge is -2.06. The first-order valence-electron chi connectivity index (χ1n) is 4.62. The Hall–Kier alpha value is -0.230. The minimum atomic E-state index is -2.92. The molecular formula is C8H14O4S2. The highest BCUT2D eigenvalue weighted by Crippen LogP contribution is 2.33. The lowest BCUT2D eigenvalue weighted by Crippen LogP contribution is -2.12. The third-order valence-electron chi connectivity index (χ3n) is 2.26. The van der Waals surface area contributed by atoms with Crippen molar-refractivity contribution in [3.8, 4) is 0 Å². The first-order valence-corrected chi connectivity index (χ1v) is 7.67. The Labute approximate surface area is 87.4 Å². The fourth-order valence-electron chi connectivity index (χ4n) is 1.47. The summed E-state index contributed by atoms with van der Waals surface area (Å²) in [5, 5.41) is 8.15. The third kappa shape index (κ3) is 3.49. The van der Waals surface area contributed by atoms with Crippen LogP contribution in [0.4, 0.5) is 0 Å². The van der Waals surface area contributed by atoms with Gasteiger partial charge in [0.2, 0.25) is 8.87 Å². The van der Waals surface area contributed by atoms with Crippen LogP contribution in [-0.4, -0.2) is 30.5 Å². The fourth-order valence-corrected chi connectivity index (χ4v) is 5.43. The van der Waals surface area contributed by atoms with Crippen molar-refractivity contribution in [2.75, 3.05) is 5.75 Å². The van der Waals surface area contributed by atoms with Gasteiger partial charge in [0.15, 0.2) is 0 Å². The van der Waals surface area contributed by atoms with E-state index in [-0.39, 0.29) is 11.7 Å². The SMILES string of the molecule is O=C(O)CCCC[C@@H]1CCSS1(=O)=O. The molecule has 0 unspecified atom stereocenters. The Kier molecular flexibility index (Phi) is 4.25. The number of aliphatic carboxylic acids is 1. The quantitative estimate of drug-likeness (QED) is 0.580. The van der Waals surface area contributed by atoms with Crippen molar-refractivity contribution in [1.82, 2.24) is 0 Å². The van der Waals surface area contributed by atoms with Crippen LogP contribution in [0, 0.1) is 0 Å². The van der Waals surface area contributed by atoms with E-state index < -0.39 is 14.8 Å². The number of carboxylic acids is 1. The first kappa shape index (κ1) is 11.8. The Morgan fingerprint density at radius 3 is 2.64 bits per heavy atom. The van der Waals surface area contributed by atoms with Gasteiger partial charge in [0.25, 0.3) is 0 Å². The summed E-state index contributed by atoms with van der Waals surface area (Å²) in [4.78, 5) is 10.2. The van der Waals surface area contributed by atoms with Crippen LogP contribution >= 0.6 is 10.8 Å². The second-order valence-electron chi connectivity index (χ2n) is 3.36. The Balaban J connectivity index is 2.22. The van der Waals surface area contributed by atoms with Crippen molar-refractivity contribution in [3.63, 3.8) is 0 Å². The van der Waals surface area contributed by atoms with E-state index in [1.165, 1.54) is 0 Å². The molecule has 4 nitrogen and oxygen atoms in total. The zero-order chi connectivity index (χ0) is 10.6. The zero-order valence-corrected chi connectivity index (χ0v) is 9.44. The highest BCUT2D eigenvalue weighted by molar-refractivity contribution is 8.72. The van der Waals surface area contributed by atoms with E-state index in [1.807, 2.05) is 0 Å². The van der Waals surface area contributed by atoms with Gasteiger partial charge in [-0.05, 0) is 30.1 Å². The van der Waals surface area contributed by atoms with Gasteiger partial charge < -0.3 is 5.11 Å². The summed E-state index contributed by atoms with van der Waals surface area (Å²) in [6.07, 6.45) is 2.74. The molecule has 1 rings (SSSR count). The summed E-state index contributed by atoms with van der Waals surface area (Å²) in [6, 6.07) is 0. The van der Waals surface area contributed by atoms with Crippen molar-refractivity contribution in [2.24, 2.45) is 0 Å². The lowest BCUT2D eigenvalue weighted by atomic mass is 10.1. The minimum Gasteiger partial charge on any atom is -0.481 e. The molecule has 1 aliphatic heterocycles. The number of carbonyl (C=O) groups is 1. The smallest absolute Gasteiger partial charge is 0.303 e. The van der Waals surface area contributed by atoms with E-state index in [0.29, 0.717) is 25.0 Å². The molecule has 1 fully saturated rings. The van der Waals surface area contributed by atoms with Gasteiger partial charge >= 0.3 is 5.97 Å². The molecule has 1 saturated heterocycles. The maximum atomic E-state index is 11.3. The van der Waals surface area contributed by atoms with Crippen molar-refractivity contribution >= 4 is 25.6 Å². The van der Waals surface area contributed by atoms with E-state index in [1.54, 1.807) is 0 Å². The molecule has 6 heteroatoms. The van der Waals surface area contributed by atoms with E-state index in [2.05, 4.69) is 0 Å². The van der Waals surface area contributed by atoms with Crippen LogP contribution in [0.1, 0.15) is 32.1 Å². The second-order valence-corrected chi connectivity index (χ2v) is 7.76. The average Bonchev–Trinajstić information content (AvgIpc) is 2.39. The second kappa shape index (κ2) is 5.02. The molecule has 0 bridgehead atoms. The molecule has 0 aromatic heterocycles. The highest BCUT2D eigenvalue weighted by atomic mass is 33.1. The normalized spacial score (nSPS) is 25.0. The predicted molar refractivity (Wildman–Crippen MR) is 55.9 cm³/mol. The minimum absolute atomic E-state index is 0.139. The maximum absolute atomic E-state index is 11.3. The lowest BCUT2D eigenvalue weighted by molar-refractivity contribution is -0.137. The molecule has 1 N–H and O–H groups in total.